The van der Waals surface area contributed by atoms with Gasteiger partial charge in [-0.05, 0) is 36.6 Å². The molecule has 0 radical (unpaired) electrons. The molecule has 0 saturated heterocycles. The van der Waals surface area contributed by atoms with Crippen LogP contribution >= 0.6 is 0 Å². The predicted molar refractivity (Wildman–Crippen MR) is 83.2 cm³/mol. The fourth-order valence-electron chi connectivity index (χ4n) is 2.66. The van der Waals surface area contributed by atoms with Crippen LogP contribution in [0.3, 0.4) is 0 Å². The summed E-state index contributed by atoms with van der Waals surface area (Å²) in [5, 5.41) is 0. The first-order chi connectivity index (χ1) is 10.1. The van der Waals surface area contributed by atoms with Gasteiger partial charge in [0.15, 0.2) is 0 Å². The van der Waals surface area contributed by atoms with Gasteiger partial charge in [-0.25, -0.2) is 0 Å². The number of hydrogen-bond acceptors (Lipinski definition) is 3. The Hall–Kier alpha value is -1.84. The highest BCUT2D eigenvalue weighted by atomic mass is 16.5. The van der Waals surface area contributed by atoms with Gasteiger partial charge >= 0.3 is 0 Å². The van der Waals surface area contributed by atoms with E-state index in [1.165, 1.54) is 11.1 Å². The summed E-state index contributed by atoms with van der Waals surface area (Å²) in [5.41, 5.74) is 11.1. The Morgan fingerprint density at radius 3 is 2.62 bits per heavy atom. The second kappa shape index (κ2) is 5.88. The van der Waals surface area contributed by atoms with Gasteiger partial charge in [0.05, 0.1) is 25.4 Å². The van der Waals surface area contributed by atoms with E-state index in [0.29, 0.717) is 13.2 Å². The van der Waals surface area contributed by atoms with Crippen LogP contribution < -0.4 is 10.5 Å². The molecule has 1 atom stereocenters. The molecule has 0 fully saturated rings. The van der Waals surface area contributed by atoms with E-state index in [4.69, 9.17) is 15.2 Å². The van der Waals surface area contributed by atoms with Crippen molar-refractivity contribution in [3.63, 3.8) is 0 Å². The van der Waals surface area contributed by atoms with E-state index in [2.05, 4.69) is 18.2 Å². The summed E-state index contributed by atoms with van der Waals surface area (Å²) in [4.78, 5) is 0. The predicted octanol–water partition coefficient (Wildman–Crippen LogP) is 3.55. The van der Waals surface area contributed by atoms with Gasteiger partial charge in [0.25, 0.3) is 0 Å². The largest absolute Gasteiger partial charge is 0.491 e. The third kappa shape index (κ3) is 2.94. The van der Waals surface area contributed by atoms with Crippen molar-refractivity contribution in [2.75, 3.05) is 0 Å². The fraction of sp³-hybridized carbons (Fsp3) is 0.333. The lowest BCUT2D eigenvalue weighted by atomic mass is 9.96. The lowest BCUT2D eigenvalue weighted by Gasteiger charge is -2.19. The summed E-state index contributed by atoms with van der Waals surface area (Å²) >= 11 is 0. The number of ether oxygens (including phenoxy) is 2. The normalized spacial score (nSPS) is 15.0. The Balaban J connectivity index is 1.93. The van der Waals surface area contributed by atoms with Crippen molar-refractivity contribution in [3.8, 4) is 5.75 Å². The van der Waals surface area contributed by atoms with E-state index in [1.54, 1.807) is 0 Å². The minimum atomic E-state index is -0.189. The summed E-state index contributed by atoms with van der Waals surface area (Å²) in [6, 6.07) is 14.2. The zero-order valence-electron chi connectivity index (χ0n) is 12.5. The van der Waals surface area contributed by atoms with Crippen LogP contribution in [0.25, 0.3) is 0 Å². The third-order valence-electron chi connectivity index (χ3n) is 3.72. The first kappa shape index (κ1) is 14.1. The average molecular weight is 283 g/mol. The summed E-state index contributed by atoms with van der Waals surface area (Å²) < 4.78 is 11.3. The maximum atomic E-state index is 6.47. The Kier molecular flexibility index (Phi) is 3.95. The lowest BCUT2D eigenvalue weighted by Crippen LogP contribution is -2.15. The fourth-order valence-corrected chi connectivity index (χ4v) is 2.66. The van der Waals surface area contributed by atoms with E-state index >= 15 is 0 Å². The number of nitrogens with two attached hydrogens (primary N) is 1. The van der Waals surface area contributed by atoms with Crippen molar-refractivity contribution in [2.45, 2.75) is 39.2 Å². The van der Waals surface area contributed by atoms with Crippen LogP contribution in [0.5, 0.6) is 5.75 Å². The molecule has 3 nitrogen and oxygen atoms in total. The molecule has 21 heavy (non-hydrogen) atoms. The highest BCUT2D eigenvalue weighted by Crippen LogP contribution is 2.31. The maximum Gasteiger partial charge on any atom is 0.124 e. The van der Waals surface area contributed by atoms with Crippen LogP contribution in [-0.4, -0.2) is 6.10 Å². The monoisotopic (exact) mass is 283 g/mol. The summed E-state index contributed by atoms with van der Waals surface area (Å²) in [6.07, 6.45) is 0.131. The molecule has 3 heteroatoms. The molecule has 0 amide bonds. The molecule has 0 aliphatic carbocycles. The second-order valence-corrected chi connectivity index (χ2v) is 5.70. The van der Waals surface area contributed by atoms with Crippen LogP contribution in [0.2, 0.25) is 0 Å². The number of hydrogen-bond donors (Lipinski definition) is 1. The molecule has 2 N–H and O–H groups in total. The van der Waals surface area contributed by atoms with Crippen molar-refractivity contribution >= 4 is 0 Å². The molecular formula is C18H21NO2. The first-order valence-corrected chi connectivity index (χ1v) is 7.36. The summed E-state index contributed by atoms with van der Waals surface area (Å²) in [7, 11) is 0. The van der Waals surface area contributed by atoms with Crippen molar-refractivity contribution in [1.29, 1.82) is 0 Å². The number of rotatable bonds is 4. The quantitative estimate of drug-likeness (QED) is 0.933. The van der Waals surface area contributed by atoms with Gasteiger partial charge < -0.3 is 15.2 Å². The van der Waals surface area contributed by atoms with Gasteiger partial charge in [0.1, 0.15) is 5.75 Å². The lowest BCUT2D eigenvalue weighted by molar-refractivity contribution is 0.134. The van der Waals surface area contributed by atoms with Crippen LogP contribution in [0.15, 0.2) is 42.5 Å². The molecule has 1 heterocycles. The van der Waals surface area contributed by atoms with Gasteiger partial charge in [0, 0.05) is 5.56 Å². The smallest absolute Gasteiger partial charge is 0.124 e. The Labute approximate surface area is 125 Å². The van der Waals surface area contributed by atoms with E-state index in [0.717, 1.165) is 16.9 Å². The van der Waals surface area contributed by atoms with Crippen molar-refractivity contribution in [1.82, 2.24) is 0 Å². The number of para-hydroxylation sites is 1. The minimum Gasteiger partial charge on any atom is -0.491 e. The third-order valence-corrected chi connectivity index (χ3v) is 3.72. The van der Waals surface area contributed by atoms with Gasteiger partial charge in [0.2, 0.25) is 0 Å². The van der Waals surface area contributed by atoms with Crippen LogP contribution in [-0.2, 0) is 18.0 Å². The highest BCUT2D eigenvalue weighted by Gasteiger charge is 2.18. The molecular weight excluding hydrogens is 262 g/mol. The second-order valence-electron chi connectivity index (χ2n) is 5.70. The van der Waals surface area contributed by atoms with E-state index in [1.807, 2.05) is 38.1 Å². The van der Waals surface area contributed by atoms with Gasteiger partial charge in [-0.3, -0.25) is 0 Å². The average Bonchev–Trinajstić information content (AvgIpc) is 2.94. The molecule has 3 rings (SSSR count). The molecule has 0 bridgehead atoms. The van der Waals surface area contributed by atoms with E-state index in [-0.39, 0.29) is 12.1 Å². The van der Waals surface area contributed by atoms with E-state index in [9.17, 15) is 0 Å². The molecule has 110 valence electrons. The topological polar surface area (TPSA) is 44.5 Å². The highest BCUT2D eigenvalue weighted by molar-refractivity contribution is 5.44. The number of benzene rings is 2. The molecule has 0 spiro atoms. The molecule has 0 aromatic heterocycles. The summed E-state index contributed by atoms with van der Waals surface area (Å²) in [6.45, 7) is 5.43. The SMILES string of the molecule is CC(C)Oc1ccccc1C(N)c1ccc2c(c1)COC2. The zero-order chi connectivity index (χ0) is 14.8. The minimum absolute atomic E-state index is 0.131. The van der Waals surface area contributed by atoms with Gasteiger partial charge in [-0.1, -0.05) is 36.4 Å². The number of fused-ring (bicyclic) bond motifs is 1. The molecule has 1 aliphatic heterocycles. The van der Waals surface area contributed by atoms with Crippen molar-refractivity contribution < 1.29 is 9.47 Å². The molecule has 2 aromatic rings. The Morgan fingerprint density at radius 2 is 1.81 bits per heavy atom. The van der Waals surface area contributed by atoms with E-state index < -0.39 is 0 Å². The molecule has 1 aliphatic rings. The Morgan fingerprint density at radius 1 is 1.05 bits per heavy atom. The molecule has 1 unspecified atom stereocenters. The van der Waals surface area contributed by atoms with Gasteiger partial charge in [-0.15, -0.1) is 0 Å². The van der Waals surface area contributed by atoms with Crippen LogP contribution in [0.4, 0.5) is 0 Å². The van der Waals surface area contributed by atoms with Gasteiger partial charge in [-0.2, -0.15) is 0 Å². The standard InChI is InChI=1S/C18H21NO2/c1-12(2)21-17-6-4-3-5-16(17)18(19)13-7-8-14-10-20-11-15(14)9-13/h3-9,12,18H,10-11,19H2,1-2H3. The van der Waals surface area contributed by atoms with Crippen LogP contribution in [0.1, 0.15) is 42.1 Å². The van der Waals surface area contributed by atoms with Crippen molar-refractivity contribution in [2.24, 2.45) is 5.73 Å². The molecule has 0 saturated carbocycles. The summed E-state index contributed by atoms with van der Waals surface area (Å²) in [5.74, 6) is 0.858. The Bertz CT molecular complexity index is 637. The van der Waals surface area contributed by atoms with Crippen LogP contribution in [0, 0.1) is 0 Å². The molecule has 2 aromatic carbocycles. The maximum absolute atomic E-state index is 6.47. The zero-order valence-corrected chi connectivity index (χ0v) is 12.5. The first-order valence-electron chi connectivity index (χ1n) is 7.36. The van der Waals surface area contributed by atoms with Crippen molar-refractivity contribution in [3.05, 3.63) is 64.7 Å².